The highest BCUT2D eigenvalue weighted by Gasteiger charge is 2.14. The van der Waals surface area contributed by atoms with Crippen molar-refractivity contribution in [2.75, 3.05) is 0 Å². The molecule has 0 spiro atoms. The van der Waals surface area contributed by atoms with Gasteiger partial charge >= 0.3 is 0 Å². The molecule has 0 saturated heterocycles. The highest BCUT2D eigenvalue weighted by molar-refractivity contribution is 7.20. The third-order valence-corrected chi connectivity index (χ3v) is 5.72. The van der Waals surface area contributed by atoms with E-state index >= 15 is 0 Å². The van der Waals surface area contributed by atoms with Gasteiger partial charge in [0, 0.05) is 39.9 Å². The maximum atomic E-state index is 12.3. The molecule has 0 atom stereocenters. The first-order valence-corrected chi connectivity index (χ1v) is 10.00. The molecule has 160 valence electrons. The molecule has 11 heteroatoms. The second-order valence-corrected chi connectivity index (χ2v) is 7.83. The van der Waals surface area contributed by atoms with Gasteiger partial charge in [0.1, 0.15) is 11.5 Å². The van der Waals surface area contributed by atoms with Crippen LogP contribution in [0.25, 0.3) is 21.4 Å². The van der Waals surface area contributed by atoms with Gasteiger partial charge in [0.15, 0.2) is 0 Å². The number of hydrogen-bond acceptors (Lipinski definition) is 8. The monoisotopic (exact) mass is 450 g/mol. The van der Waals surface area contributed by atoms with Crippen molar-refractivity contribution in [1.82, 2.24) is 5.43 Å². The Morgan fingerprint density at radius 2 is 1.75 bits per heavy atom. The lowest BCUT2D eigenvalue weighted by Crippen LogP contribution is -2.15. The molecule has 2 aromatic heterocycles. The molecule has 4 aromatic rings. The summed E-state index contributed by atoms with van der Waals surface area (Å²) in [7, 11) is 0. The molecule has 1 N–H and O–H groups in total. The molecule has 1 amide bonds. The lowest BCUT2D eigenvalue weighted by molar-refractivity contribution is -0.385. The van der Waals surface area contributed by atoms with Crippen LogP contribution in [-0.2, 0) is 0 Å². The zero-order valence-corrected chi connectivity index (χ0v) is 17.3. The minimum Gasteiger partial charge on any atom is -0.455 e. The van der Waals surface area contributed by atoms with Gasteiger partial charge in [0.05, 0.1) is 20.9 Å². The van der Waals surface area contributed by atoms with Gasteiger partial charge in [-0.1, -0.05) is 0 Å². The number of hydrazone groups is 1. The minimum absolute atomic E-state index is 0.00172. The Morgan fingerprint density at radius 1 is 1.03 bits per heavy atom. The molecule has 0 unspecified atom stereocenters. The molecular weight excluding hydrogens is 436 g/mol. The second-order valence-electron chi connectivity index (χ2n) is 6.75. The smallest absolute Gasteiger partial charge is 0.281 e. The Morgan fingerprint density at radius 3 is 2.47 bits per heavy atom. The van der Waals surface area contributed by atoms with E-state index < -0.39 is 15.8 Å². The molecule has 4 rings (SSSR count). The van der Waals surface area contributed by atoms with Gasteiger partial charge in [-0.25, -0.2) is 5.43 Å². The Kier molecular flexibility index (Phi) is 5.48. The number of rotatable bonds is 6. The fraction of sp³-hybridized carbons (Fsp3) is 0.0476. The lowest BCUT2D eigenvalue weighted by atomic mass is 10.1. The van der Waals surface area contributed by atoms with Crippen LogP contribution in [0.5, 0.6) is 0 Å². The number of amides is 1. The minimum atomic E-state index is -0.489. The number of nitrogens with zero attached hydrogens (tertiary/aromatic N) is 3. The molecule has 2 heterocycles. The van der Waals surface area contributed by atoms with E-state index in [0.29, 0.717) is 32.9 Å². The normalized spacial score (nSPS) is 11.2. The Labute approximate surface area is 184 Å². The summed E-state index contributed by atoms with van der Waals surface area (Å²) >= 11 is 1.20. The third kappa shape index (κ3) is 4.23. The average Bonchev–Trinajstić information content (AvgIpc) is 3.40. The van der Waals surface area contributed by atoms with E-state index in [9.17, 15) is 25.0 Å². The maximum Gasteiger partial charge on any atom is 0.281 e. The predicted octanol–water partition coefficient (Wildman–Crippen LogP) is 5.05. The van der Waals surface area contributed by atoms with Crippen molar-refractivity contribution < 1.29 is 19.1 Å². The highest BCUT2D eigenvalue weighted by Crippen LogP contribution is 2.29. The molecule has 0 aliphatic carbocycles. The number of nitro groups is 2. The summed E-state index contributed by atoms with van der Waals surface area (Å²) in [5.74, 6) is 0.435. The van der Waals surface area contributed by atoms with Gasteiger partial charge in [-0.15, -0.1) is 11.3 Å². The summed E-state index contributed by atoms with van der Waals surface area (Å²) in [6.45, 7) is 1.75. The number of non-ortho nitro benzene ring substituents is 2. The molecule has 32 heavy (non-hydrogen) atoms. The van der Waals surface area contributed by atoms with Crippen LogP contribution >= 0.6 is 11.3 Å². The van der Waals surface area contributed by atoms with Gasteiger partial charge < -0.3 is 4.42 Å². The largest absolute Gasteiger partial charge is 0.455 e. The standard InChI is InChI=1S/C21H14N4O6S/c1-12-8-14(24(27)28)2-5-17(12)18-6-4-16(31-18)11-22-23-21(26)20-10-13-9-15(25(29)30)3-7-19(13)32-20/h2-11H,1H3,(H,23,26)/b22-11+. The number of nitro benzene ring substituents is 2. The van der Waals surface area contributed by atoms with E-state index in [-0.39, 0.29) is 11.4 Å². The number of benzene rings is 2. The first-order valence-electron chi connectivity index (χ1n) is 9.18. The number of carbonyl (C=O) groups excluding carboxylic acids is 1. The number of furan rings is 1. The predicted molar refractivity (Wildman–Crippen MR) is 119 cm³/mol. The maximum absolute atomic E-state index is 12.3. The van der Waals surface area contributed by atoms with Crippen molar-refractivity contribution >= 4 is 44.9 Å². The van der Waals surface area contributed by atoms with Crippen molar-refractivity contribution in [2.45, 2.75) is 6.92 Å². The fourth-order valence-electron chi connectivity index (χ4n) is 3.07. The summed E-state index contributed by atoms with van der Waals surface area (Å²) < 4.78 is 6.44. The van der Waals surface area contributed by atoms with Crippen LogP contribution in [0.4, 0.5) is 11.4 Å². The van der Waals surface area contributed by atoms with Crippen LogP contribution < -0.4 is 5.43 Å². The number of fused-ring (bicyclic) bond motifs is 1. The van der Waals surface area contributed by atoms with Gasteiger partial charge in [0.2, 0.25) is 0 Å². The summed E-state index contributed by atoms with van der Waals surface area (Å²) in [6, 6.07) is 13.8. The van der Waals surface area contributed by atoms with E-state index in [2.05, 4.69) is 10.5 Å². The van der Waals surface area contributed by atoms with E-state index in [1.165, 1.54) is 41.8 Å². The molecule has 2 aromatic carbocycles. The fourth-order valence-corrected chi connectivity index (χ4v) is 4.00. The van der Waals surface area contributed by atoms with Crippen LogP contribution in [0.3, 0.4) is 0 Å². The second kappa shape index (κ2) is 8.40. The van der Waals surface area contributed by atoms with Gasteiger partial charge in [0.25, 0.3) is 17.3 Å². The van der Waals surface area contributed by atoms with Crippen molar-refractivity contribution in [3.05, 3.63) is 91.0 Å². The Hall–Kier alpha value is -4.38. The van der Waals surface area contributed by atoms with Crippen LogP contribution in [0.2, 0.25) is 0 Å². The molecule has 10 nitrogen and oxygen atoms in total. The first-order chi connectivity index (χ1) is 15.3. The number of thiophene rings is 1. The quantitative estimate of drug-likeness (QED) is 0.247. The SMILES string of the molecule is Cc1cc([N+](=O)[O-])ccc1-c1ccc(/C=N/NC(=O)c2cc3cc([N+](=O)[O-])ccc3s2)o1. The van der Waals surface area contributed by atoms with Crippen LogP contribution in [0.15, 0.2) is 64.1 Å². The molecule has 0 saturated carbocycles. The van der Waals surface area contributed by atoms with Crippen molar-refractivity contribution in [1.29, 1.82) is 0 Å². The number of aryl methyl sites for hydroxylation is 1. The van der Waals surface area contributed by atoms with Gasteiger partial charge in [-0.05, 0) is 42.8 Å². The summed E-state index contributed by atoms with van der Waals surface area (Å²) in [5, 5.41) is 26.3. The van der Waals surface area contributed by atoms with Crippen molar-refractivity contribution in [3.8, 4) is 11.3 Å². The average molecular weight is 450 g/mol. The Balaban J connectivity index is 1.45. The first kappa shape index (κ1) is 20.9. The highest BCUT2D eigenvalue weighted by atomic mass is 32.1. The number of hydrogen-bond donors (Lipinski definition) is 1. The molecule has 0 aliphatic rings. The molecule has 0 radical (unpaired) electrons. The lowest BCUT2D eigenvalue weighted by Gasteiger charge is -2.02. The van der Waals surface area contributed by atoms with E-state index in [0.717, 1.165) is 4.70 Å². The summed E-state index contributed by atoms with van der Waals surface area (Å²) in [5.41, 5.74) is 3.75. The van der Waals surface area contributed by atoms with Crippen molar-refractivity contribution in [2.24, 2.45) is 5.10 Å². The summed E-state index contributed by atoms with van der Waals surface area (Å²) in [4.78, 5) is 33.5. The topological polar surface area (TPSA) is 141 Å². The Bertz CT molecular complexity index is 1400. The van der Waals surface area contributed by atoms with Crippen molar-refractivity contribution in [3.63, 3.8) is 0 Å². The summed E-state index contributed by atoms with van der Waals surface area (Å²) in [6.07, 6.45) is 1.33. The molecule has 0 aliphatic heterocycles. The zero-order chi connectivity index (χ0) is 22.8. The van der Waals surface area contributed by atoms with Crippen LogP contribution in [-0.4, -0.2) is 22.0 Å². The van der Waals surface area contributed by atoms with E-state index in [4.69, 9.17) is 4.42 Å². The third-order valence-electron chi connectivity index (χ3n) is 4.61. The van der Waals surface area contributed by atoms with Crippen LogP contribution in [0.1, 0.15) is 21.0 Å². The van der Waals surface area contributed by atoms with Gasteiger partial charge in [-0.3, -0.25) is 25.0 Å². The van der Waals surface area contributed by atoms with Gasteiger partial charge in [-0.2, -0.15) is 5.10 Å². The van der Waals surface area contributed by atoms with E-state index in [1.54, 1.807) is 37.3 Å². The zero-order valence-electron chi connectivity index (χ0n) is 16.5. The molecular formula is C21H14N4O6S. The number of carbonyl (C=O) groups is 1. The molecule has 0 fully saturated rings. The van der Waals surface area contributed by atoms with Crippen LogP contribution in [0, 0.1) is 27.2 Å². The van der Waals surface area contributed by atoms with E-state index in [1.807, 2.05) is 0 Å². The number of nitrogens with one attached hydrogen (secondary N) is 1. The molecule has 0 bridgehead atoms.